The molecule has 1 aliphatic heterocycles. The van der Waals surface area contributed by atoms with Crippen molar-refractivity contribution in [3.63, 3.8) is 0 Å². The van der Waals surface area contributed by atoms with Crippen molar-refractivity contribution >= 4 is 5.91 Å². The zero-order chi connectivity index (χ0) is 16.9. The Bertz CT molecular complexity index is 688. The van der Waals surface area contributed by atoms with E-state index in [-0.39, 0.29) is 5.91 Å². The average Bonchev–Trinajstić information content (AvgIpc) is 2.81. The third-order valence-electron chi connectivity index (χ3n) is 4.27. The Hall–Kier alpha value is -2.44. The summed E-state index contributed by atoms with van der Waals surface area (Å²) in [4.78, 5) is 14.7. The van der Waals surface area contributed by atoms with E-state index in [4.69, 9.17) is 4.74 Å². The number of likely N-dealkylation sites (tertiary alicyclic amines) is 1. The van der Waals surface area contributed by atoms with Gasteiger partial charge in [0, 0.05) is 19.2 Å². The van der Waals surface area contributed by atoms with Crippen LogP contribution in [0.5, 0.6) is 5.88 Å². The van der Waals surface area contributed by atoms with Crippen molar-refractivity contribution in [2.24, 2.45) is 0 Å². The van der Waals surface area contributed by atoms with Crippen LogP contribution in [0, 0.1) is 6.92 Å². The quantitative estimate of drug-likeness (QED) is 0.861. The number of carbonyl (C=O) groups is 1. The minimum atomic E-state index is 0.0551. The van der Waals surface area contributed by atoms with Crippen molar-refractivity contribution in [1.29, 1.82) is 0 Å². The van der Waals surface area contributed by atoms with Crippen molar-refractivity contribution in [1.82, 2.24) is 24.9 Å². The Labute approximate surface area is 141 Å². The molecule has 1 saturated heterocycles. The van der Waals surface area contributed by atoms with E-state index < -0.39 is 0 Å². The van der Waals surface area contributed by atoms with Crippen LogP contribution in [0.15, 0.2) is 18.3 Å². The van der Waals surface area contributed by atoms with Crippen LogP contribution in [0.25, 0.3) is 5.82 Å². The monoisotopic (exact) mass is 329 g/mol. The van der Waals surface area contributed by atoms with Gasteiger partial charge in [-0.1, -0.05) is 12.8 Å². The summed E-state index contributed by atoms with van der Waals surface area (Å²) in [5, 5.41) is 12.5. The van der Waals surface area contributed by atoms with Gasteiger partial charge < -0.3 is 9.64 Å². The number of hydrogen-bond acceptors (Lipinski definition) is 5. The van der Waals surface area contributed by atoms with E-state index in [0.717, 1.165) is 31.6 Å². The molecule has 2 aromatic rings. The van der Waals surface area contributed by atoms with Gasteiger partial charge in [-0.3, -0.25) is 4.79 Å². The van der Waals surface area contributed by atoms with Crippen LogP contribution in [-0.4, -0.2) is 50.5 Å². The standard InChI is InChI=1S/C17H23N5O2/c1-3-24-16-9-8-15(19-20-16)22-13(2)14(12-18-22)17(23)21-10-6-4-5-7-11-21/h8-9,12H,3-7,10-11H2,1-2H3. The second-order valence-electron chi connectivity index (χ2n) is 5.92. The summed E-state index contributed by atoms with van der Waals surface area (Å²) in [7, 11) is 0. The summed E-state index contributed by atoms with van der Waals surface area (Å²) in [6, 6.07) is 3.54. The maximum atomic E-state index is 12.8. The minimum absolute atomic E-state index is 0.0551. The number of nitrogens with zero attached hydrogens (tertiary/aromatic N) is 5. The number of aromatic nitrogens is 4. The molecule has 7 heteroatoms. The van der Waals surface area contributed by atoms with Gasteiger partial charge in [0.25, 0.3) is 5.91 Å². The largest absolute Gasteiger partial charge is 0.477 e. The Kier molecular flexibility index (Phi) is 5.08. The van der Waals surface area contributed by atoms with E-state index in [9.17, 15) is 4.79 Å². The Morgan fingerprint density at radius 2 is 1.92 bits per heavy atom. The lowest BCUT2D eigenvalue weighted by Crippen LogP contribution is -2.32. The second kappa shape index (κ2) is 7.42. The fraction of sp³-hybridized carbons (Fsp3) is 0.529. The first-order valence-electron chi connectivity index (χ1n) is 8.51. The SMILES string of the molecule is CCOc1ccc(-n2ncc(C(=O)N3CCCCCC3)c2C)nn1. The number of carbonyl (C=O) groups excluding carboxylic acids is 1. The molecule has 0 spiro atoms. The Morgan fingerprint density at radius 3 is 2.54 bits per heavy atom. The third kappa shape index (κ3) is 3.39. The van der Waals surface area contributed by atoms with Gasteiger partial charge in [0.05, 0.1) is 24.1 Å². The molecule has 1 amide bonds. The van der Waals surface area contributed by atoms with E-state index >= 15 is 0 Å². The molecule has 0 atom stereocenters. The first-order chi connectivity index (χ1) is 11.7. The predicted molar refractivity (Wildman–Crippen MR) is 89.4 cm³/mol. The normalized spacial score (nSPS) is 15.2. The molecule has 0 aliphatic carbocycles. The lowest BCUT2D eigenvalue weighted by atomic mass is 10.2. The van der Waals surface area contributed by atoms with Crippen LogP contribution in [0.1, 0.15) is 48.7 Å². The van der Waals surface area contributed by atoms with Crippen LogP contribution >= 0.6 is 0 Å². The predicted octanol–water partition coefficient (Wildman–Crippen LogP) is 2.39. The summed E-state index contributed by atoms with van der Waals surface area (Å²) < 4.78 is 6.94. The summed E-state index contributed by atoms with van der Waals surface area (Å²) in [5.74, 6) is 1.11. The fourth-order valence-corrected chi connectivity index (χ4v) is 2.95. The topological polar surface area (TPSA) is 73.1 Å². The van der Waals surface area contributed by atoms with E-state index in [0.29, 0.717) is 23.9 Å². The number of rotatable bonds is 4. The molecule has 0 aromatic carbocycles. The molecule has 1 fully saturated rings. The number of ether oxygens (including phenoxy) is 1. The maximum Gasteiger partial charge on any atom is 0.257 e. The number of amides is 1. The van der Waals surface area contributed by atoms with Gasteiger partial charge in [-0.25, -0.2) is 4.68 Å². The summed E-state index contributed by atoms with van der Waals surface area (Å²) in [6.45, 7) is 5.98. The van der Waals surface area contributed by atoms with Crippen molar-refractivity contribution in [3.8, 4) is 11.7 Å². The summed E-state index contributed by atoms with van der Waals surface area (Å²) in [6.07, 6.45) is 6.17. The van der Waals surface area contributed by atoms with Crippen molar-refractivity contribution in [2.75, 3.05) is 19.7 Å². The fourth-order valence-electron chi connectivity index (χ4n) is 2.95. The van der Waals surface area contributed by atoms with Gasteiger partial charge in [-0.05, 0) is 32.8 Å². The molecule has 0 N–H and O–H groups in total. The third-order valence-corrected chi connectivity index (χ3v) is 4.27. The lowest BCUT2D eigenvalue weighted by molar-refractivity contribution is 0.0761. The summed E-state index contributed by atoms with van der Waals surface area (Å²) >= 11 is 0. The van der Waals surface area contributed by atoms with E-state index in [2.05, 4.69) is 15.3 Å². The van der Waals surface area contributed by atoms with Crippen molar-refractivity contribution in [3.05, 3.63) is 29.6 Å². The van der Waals surface area contributed by atoms with Crippen molar-refractivity contribution in [2.45, 2.75) is 39.5 Å². The van der Waals surface area contributed by atoms with Crippen LogP contribution in [0.4, 0.5) is 0 Å². The molecule has 3 rings (SSSR count). The molecule has 0 bridgehead atoms. The molecule has 0 radical (unpaired) electrons. The highest BCUT2D eigenvalue weighted by Crippen LogP contribution is 2.18. The zero-order valence-electron chi connectivity index (χ0n) is 14.2. The maximum absolute atomic E-state index is 12.8. The highest BCUT2D eigenvalue weighted by molar-refractivity contribution is 5.95. The van der Waals surface area contributed by atoms with Crippen LogP contribution in [0.2, 0.25) is 0 Å². The average molecular weight is 329 g/mol. The molecule has 24 heavy (non-hydrogen) atoms. The lowest BCUT2D eigenvalue weighted by Gasteiger charge is -2.19. The van der Waals surface area contributed by atoms with E-state index in [1.807, 2.05) is 18.7 Å². The first-order valence-corrected chi connectivity index (χ1v) is 8.51. The van der Waals surface area contributed by atoms with Crippen molar-refractivity contribution < 1.29 is 9.53 Å². The van der Waals surface area contributed by atoms with Gasteiger partial charge in [0.2, 0.25) is 5.88 Å². The molecule has 3 heterocycles. The molecule has 0 unspecified atom stereocenters. The molecule has 0 saturated carbocycles. The van der Waals surface area contributed by atoms with Gasteiger partial charge in [0.15, 0.2) is 5.82 Å². The Balaban J connectivity index is 1.81. The molecule has 128 valence electrons. The van der Waals surface area contributed by atoms with Gasteiger partial charge in [-0.2, -0.15) is 5.10 Å². The number of hydrogen-bond donors (Lipinski definition) is 0. The highest BCUT2D eigenvalue weighted by atomic mass is 16.5. The first kappa shape index (κ1) is 16.4. The highest BCUT2D eigenvalue weighted by Gasteiger charge is 2.22. The van der Waals surface area contributed by atoms with Gasteiger partial charge >= 0.3 is 0 Å². The molecule has 2 aromatic heterocycles. The minimum Gasteiger partial charge on any atom is -0.477 e. The van der Waals surface area contributed by atoms with E-state index in [1.165, 1.54) is 12.8 Å². The zero-order valence-corrected chi connectivity index (χ0v) is 14.2. The van der Waals surface area contributed by atoms with Crippen LogP contribution in [-0.2, 0) is 0 Å². The van der Waals surface area contributed by atoms with E-state index in [1.54, 1.807) is 23.0 Å². The van der Waals surface area contributed by atoms with Crippen LogP contribution < -0.4 is 4.74 Å². The molecular weight excluding hydrogens is 306 g/mol. The molecular formula is C17H23N5O2. The second-order valence-corrected chi connectivity index (χ2v) is 5.92. The Morgan fingerprint density at radius 1 is 1.17 bits per heavy atom. The smallest absolute Gasteiger partial charge is 0.257 e. The molecule has 1 aliphatic rings. The van der Waals surface area contributed by atoms with Gasteiger partial charge in [0.1, 0.15) is 0 Å². The summed E-state index contributed by atoms with van der Waals surface area (Å²) in [5.41, 5.74) is 1.41. The van der Waals surface area contributed by atoms with Crippen LogP contribution in [0.3, 0.4) is 0 Å². The van der Waals surface area contributed by atoms with Gasteiger partial charge in [-0.15, -0.1) is 10.2 Å². The molecule has 7 nitrogen and oxygen atoms in total.